The normalized spacial score (nSPS) is 14.0. The number of aliphatic hydroxyl groups is 1. The van der Waals surface area contributed by atoms with Gasteiger partial charge in [0.2, 0.25) is 5.91 Å². The lowest BCUT2D eigenvalue weighted by Crippen LogP contribution is -2.43. The molecule has 0 heterocycles. The topological polar surface area (TPSA) is 84.6 Å². The van der Waals surface area contributed by atoms with Crippen LogP contribution in [0.1, 0.15) is 27.7 Å². The zero-order chi connectivity index (χ0) is 13.5. The number of carbonyl (C=O) groups excluding carboxylic acids is 1. The molecule has 0 aromatic rings. The van der Waals surface area contributed by atoms with Gasteiger partial charge in [-0.25, -0.2) is 0 Å². The van der Waals surface area contributed by atoms with Crippen molar-refractivity contribution in [3.05, 3.63) is 0 Å². The van der Waals surface area contributed by atoms with Crippen LogP contribution >= 0.6 is 0 Å². The van der Waals surface area contributed by atoms with Crippen molar-refractivity contribution in [3.63, 3.8) is 0 Å². The van der Waals surface area contributed by atoms with Crippen LogP contribution in [0.2, 0.25) is 0 Å². The molecule has 0 saturated carbocycles. The summed E-state index contributed by atoms with van der Waals surface area (Å²) in [6, 6.07) is 0. The lowest BCUT2D eigenvalue weighted by atomic mass is 9.93. The summed E-state index contributed by atoms with van der Waals surface area (Å²) < 4.78 is 5.31. The van der Waals surface area contributed by atoms with E-state index in [0.717, 1.165) is 0 Å². The van der Waals surface area contributed by atoms with Gasteiger partial charge in [0.1, 0.15) is 0 Å². The third-order valence-electron chi connectivity index (χ3n) is 2.38. The first-order valence-electron chi connectivity index (χ1n) is 6.02. The molecule has 5 heteroatoms. The highest BCUT2D eigenvalue weighted by atomic mass is 16.5. The Morgan fingerprint density at radius 1 is 1.41 bits per heavy atom. The summed E-state index contributed by atoms with van der Waals surface area (Å²) in [5.74, 6) is 0.111. The van der Waals surface area contributed by atoms with Gasteiger partial charge in [-0.05, 0) is 19.8 Å². The van der Waals surface area contributed by atoms with E-state index in [4.69, 9.17) is 10.5 Å². The van der Waals surface area contributed by atoms with Gasteiger partial charge in [0, 0.05) is 19.7 Å². The molecule has 0 radical (unpaired) electrons. The van der Waals surface area contributed by atoms with Crippen LogP contribution in [0.3, 0.4) is 0 Å². The van der Waals surface area contributed by atoms with Crippen molar-refractivity contribution in [1.29, 1.82) is 0 Å². The van der Waals surface area contributed by atoms with E-state index in [0.29, 0.717) is 32.2 Å². The minimum absolute atomic E-state index is 0.308. The average Bonchev–Trinajstić information content (AvgIpc) is 2.16. The molecule has 0 aliphatic rings. The Morgan fingerprint density at radius 3 is 2.47 bits per heavy atom. The van der Waals surface area contributed by atoms with Crippen molar-refractivity contribution in [3.8, 4) is 0 Å². The number of rotatable bonds is 9. The van der Waals surface area contributed by atoms with Crippen molar-refractivity contribution in [2.24, 2.45) is 17.1 Å². The Bertz CT molecular complexity index is 230. The fourth-order valence-electron chi connectivity index (χ4n) is 1.14. The molecule has 17 heavy (non-hydrogen) atoms. The Morgan fingerprint density at radius 2 is 2.00 bits per heavy atom. The van der Waals surface area contributed by atoms with Gasteiger partial charge in [-0.2, -0.15) is 0 Å². The number of carbonyl (C=O) groups is 1. The number of hydrogen-bond acceptors (Lipinski definition) is 4. The first-order chi connectivity index (χ1) is 7.75. The molecule has 0 spiro atoms. The summed E-state index contributed by atoms with van der Waals surface area (Å²) in [6.45, 7) is 9.44. The van der Waals surface area contributed by atoms with Gasteiger partial charge < -0.3 is 20.9 Å². The molecule has 0 fully saturated rings. The summed E-state index contributed by atoms with van der Waals surface area (Å²) >= 11 is 0. The highest BCUT2D eigenvalue weighted by Gasteiger charge is 2.24. The number of amides is 1. The minimum Gasteiger partial charge on any atom is -0.389 e. The fourth-order valence-corrected chi connectivity index (χ4v) is 1.14. The lowest BCUT2D eigenvalue weighted by molar-refractivity contribution is -0.125. The van der Waals surface area contributed by atoms with Gasteiger partial charge in [0.05, 0.1) is 18.1 Å². The molecular formula is C12H26N2O3. The van der Waals surface area contributed by atoms with E-state index in [2.05, 4.69) is 19.2 Å². The molecule has 0 rings (SSSR count). The van der Waals surface area contributed by atoms with Crippen LogP contribution in [0.15, 0.2) is 0 Å². The Kier molecular flexibility index (Phi) is 7.34. The first kappa shape index (κ1) is 16.4. The SMILES string of the molecule is CC(C)COCC(O)CNCC(C)(C)C(N)=O. The standard InChI is InChI=1S/C12H26N2O3/c1-9(2)6-17-7-10(15)5-14-8-12(3,4)11(13)16/h9-10,14-15H,5-8H2,1-4H3,(H2,13,16). The van der Waals surface area contributed by atoms with Gasteiger partial charge in [0.25, 0.3) is 0 Å². The van der Waals surface area contributed by atoms with Crippen molar-refractivity contribution in [2.75, 3.05) is 26.3 Å². The summed E-state index contributed by atoms with van der Waals surface area (Å²) in [4.78, 5) is 11.0. The van der Waals surface area contributed by atoms with Gasteiger partial charge in [-0.1, -0.05) is 13.8 Å². The van der Waals surface area contributed by atoms with Crippen molar-refractivity contribution < 1.29 is 14.6 Å². The van der Waals surface area contributed by atoms with Crippen LogP contribution < -0.4 is 11.1 Å². The molecular weight excluding hydrogens is 220 g/mol. The number of nitrogens with one attached hydrogen (secondary N) is 1. The average molecular weight is 246 g/mol. The largest absolute Gasteiger partial charge is 0.389 e. The second-order valence-electron chi connectivity index (χ2n) is 5.46. The van der Waals surface area contributed by atoms with Crippen LogP contribution in [0.25, 0.3) is 0 Å². The minimum atomic E-state index is -0.599. The zero-order valence-electron chi connectivity index (χ0n) is 11.3. The lowest BCUT2D eigenvalue weighted by Gasteiger charge is -2.22. The van der Waals surface area contributed by atoms with Gasteiger partial charge in [0.15, 0.2) is 0 Å². The summed E-state index contributed by atoms with van der Waals surface area (Å²) in [6.07, 6.45) is -0.558. The second-order valence-corrected chi connectivity index (χ2v) is 5.46. The molecule has 102 valence electrons. The predicted octanol–water partition coefficient (Wildman–Crippen LogP) is 0.121. The molecule has 0 aromatic carbocycles. The fraction of sp³-hybridized carbons (Fsp3) is 0.917. The van der Waals surface area contributed by atoms with E-state index >= 15 is 0 Å². The van der Waals surface area contributed by atoms with E-state index in [1.807, 2.05) is 0 Å². The molecule has 0 aromatic heterocycles. The number of ether oxygens (including phenoxy) is 1. The maximum atomic E-state index is 11.0. The van der Waals surface area contributed by atoms with Crippen LogP contribution in [0.4, 0.5) is 0 Å². The smallest absolute Gasteiger partial charge is 0.224 e. The highest BCUT2D eigenvalue weighted by Crippen LogP contribution is 2.11. The quantitative estimate of drug-likeness (QED) is 0.539. The number of aliphatic hydroxyl groups excluding tert-OH is 1. The summed E-state index contributed by atoms with van der Waals surface area (Å²) in [7, 11) is 0. The van der Waals surface area contributed by atoms with Crippen LogP contribution in [0.5, 0.6) is 0 Å². The molecule has 0 aliphatic carbocycles. The van der Waals surface area contributed by atoms with Gasteiger partial charge >= 0.3 is 0 Å². The van der Waals surface area contributed by atoms with Crippen LogP contribution in [0, 0.1) is 11.3 Å². The van der Waals surface area contributed by atoms with Crippen molar-refractivity contribution in [2.45, 2.75) is 33.8 Å². The zero-order valence-corrected chi connectivity index (χ0v) is 11.3. The van der Waals surface area contributed by atoms with E-state index in [1.165, 1.54) is 0 Å². The van der Waals surface area contributed by atoms with E-state index in [1.54, 1.807) is 13.8 Å². The second kappa shape index (κ2) is 7.63. The monoisotopic (exact) mass is 246 g/mol. The molecule has 0 saturated heterocycles. The summed E-state index contributed by atoms with van der Waals surface area (Å²) in [5.41, 5.74) is 4.64. The van der Waals surface area contributed by atoms with Crippen LogP contribution in [-0.2, 0) is 9.53 Å². The van der Waals surface area contributed by atoms with Gasteiger partial charge in [-0.3, -0.25) is 4.79 Å². The van der Waals surface area contributed by atoms with Crippen LogP contribution in [-0.4, -0.2) is 43.4 Å². The molecule has 0 aliphatic heterocycles. The van der Waals surface area contributed by atoms with Crippen molar-refractivity contribution in [1.82, 2.24) is 5.32 Å². The maximum absolute atomic E-state index is 11.0. The molecule has 1 atom stereocenters. The number of primary amides is 1. The van der Waals surface area contributed by atoms with Gasteiger partial charge in [-0.15, -0.1) is 0 Å². The van der Waals surface area contributed by atoms with E-state index in [9.17, 15) is 9.90 Å². The molecule has 1 unspecified atom stereocenters. The third-order valence-corrected chi connectivity index (χ3v) is 2.38. The predicted molar refractivity (Wildman–Crippen MR) is 67.5 cm³/mol. The molecule has 4 N–H and O–H groups in total. The van der Waals surface area contributed by atoms with E-state index in [-0.39, 0.29) is 5.91 Å². The van der Waals surface area contributed by atoms with Crippen molar-refractivity contribution >= 4 is 5.91 Å². The number of nitrogens with two attached hydrogens (primary N) is 1. The molecule has 5 nitrogen and oxygen atoms in total. The first-order valence-corrected chi connectivity index (χ1v) is 6.02. The Labute approximate surface area is 104 Å². The molecule has 0 bridgehead atoms. The molecule has 1 amide bonds. The third kappa shape index (κ3) is 8.12. The van der Waals surface area contributed by atoms with E-state index < -0.39 is 11.5 Å². The maximum Gasteiger partial charge on any atom is 0.224 e. The number of hydrogen-bond donors (Lipinski definition) is 3. The Balaban J connectivity index is 3.64. The Hall–Kier alpha value is -0.650. The summed E-state index contributed by atoms with van der Waals surface area (Å²) in [5, 5.41) is 12.6. The highest BCUT2D eigenvalue weighted by molar-refractivity contribution is 5.80.